The van der Waals surface area contributed by atoms with Gasteiger partial charge in [-0.05, 0) is 35.9 Å². The highest BCUT2D eigenvalue weighted by molar-refractivity contribution is 9.10. The van der Waals surface area contributed by atoms with Gasteiger partial charge in [0.15, 0.2) is 6.61 Å². The van der Waals surface area contributed by atoms with Crippen molar-refractivity contribution in [2.75, 3.05) is 11.9 Å². The van der Waals surface area contributed by atoms with Gasteiger partial charge in [0.1, 0.15) is 5.82 Å². The summed E-state index contributed by atoms with van der Waals surface area (Å²) >= 11 is 9.02. The zero-order valence-corrected chi connectivity index (χ0v) is 14.2. The van der Waals surface area contributed by atoms with E-state index in [-0.39, 0.29) is 17.1 Å². The van der Waals surface area contributed by atoms with Gasteiger partial charge in [0, 0.05) is 9.50 Å². The number of halogens is 3. The van der Waals surface area contributed by atoms with E-state index < -0.39 is 24.3 Å². The second-order valence-electron chi connectivity index (χ2n) is 4.64. The molecule has 2 aromatic carbocycles. The number of anilines is 1. The van der Waals surface area contributed by atoms with Crippen molar-refractivity contribution >= 4 is 45.1 Å². The van der Waals surface area contributed by atoms with E-state index in [0.29, 0.717) is 0 Å². The van der Waals surface area contributed by atoms with E-state index in [9.17, 15) is 14.0 Å². The number of ether oxygens (including phenoxy) is 1. The molecule has 0 radical (unpaired) electrons. The quantitative estimate of drug-likeness (QED) is 0.773. The first-order valence-electron chi connectivity index (χ1n) is 6.59. The zero-order chi connectivity index (χ0) is 16.8. The number of hydrogen-bond acceptors (Lipinski definition) is 3. The van der Waals surface area contributed by atoms with E-state index in [0.717, 1.165) is 16.1 Å². The van der Waals surface area contributed by atoms with E-state index in [1.807, 2.05) is 0 Å². The summed E-state index contributed by atoms with van der Waals surface area (Å²) in [6.45, 7) is -0.499. The normalized spacial score (nSPS) is 10.2. The van der Waals surface area contributed by atoms with Gasteiger partial charge >= 0.3 is 5.97 Å². The van der Waals surface area contributed by atoms with Crippen LogP contribution in [0.4, 0.5) is 10.1 Å². The van der Waals surface area contributed by atoms with Crippen LogP contribution in [0.2, 0.25) is 5.02 Å². The van der Waals surface area contributed by atoms with E-state index in [1.54, 1.807) is 24.3 Å². The molecule has 0 saturated carbocycles. The first-order chi connectivity index (χ1) is 10.9. The maximum atomic E-state index is 13.5. The molecule has 0 unspecified atom stereocenters. The summed E-state index contributed by atoms with van der Waals surface area (Å²) in [4.78, 5) is 23.3. The number of benzene rings is 2. The Morgan fingerprint density at radius 1 is 1.17 bits per heavy atom. The van der Waals surface area contributed by atoms with E-state index in [2.05, 4.69) is 21.2 Å². The molecule has 0 aliphatic heterocycles. The fourth-order valence-electron chi connectivity index (χ4n) is 1.75. The Hall–Kier alpha value is -1.92. The van der Waals surface area contributed by atoms with Crippen LogP contribution in [-0.2, 0) is 20.7 Å². The van der Waals surface area contributed by atoms with E-state index >= 15 is 0 Å². The maximum absolute atomic E-state index is 13.5. The molecule has 2 rings (SSSR count). The van der Waals surface area contributed by atoms with Gasteiger partial charge < -0.3 is 10.1 Å². The van der Waals surface area contributed by atoms with Crippen LogP contribution in [0.1, 0.15) is 5.56 Å². The lowest BCUT2D eigenvalue weighted by molar-refractivity contribution is -0.146. The molecule has 120 valence electrons. The smallest absolute Gasteiger partial charge is 0.310 e. The summed E-state index contributed by atoms with van der Waals surface area (Å²) in [7, 11) is 0. The number of hydrogen-bond donors (Lipinski definition) is 1. The fourth-order valence-corrected chi connectivity index (χ4v) is 2.18. The molecule has 7 heteroatoms. The minimum atomic E-state index is -0.643. The summed E-state index contributed by atoms with van der Waals surface area (Å²) in [5, 5.41) is 2.58. The van der Waals surface area contributed by atoms with Crippen LogP contribution in [0.15, 0.2) is 46.9 Å². The molecule has 0 atom stereocenters. The molecule has 0 fully saturated rings. The van der Waals surface area contributed by atoms with Crippen molar-refractivity contribution in [2.24, 2.45) is 0 Å². The number of carbonyl (C=O) groups excluding carboxylic acids is 2. The van der Waals surface area contributed by atoms with E-state index in [1.165, 1.54) is 12.1 Å². The number of rotatable bonds is 5. The van der Waals surface area contributed by atoms with E-state index in [4.69, 9.17) is 16.3 Å². The molecule has 0 spiro atoms. The molecule has 0 heterocycles. The summed E-state index contributed by atoms with van der Waals surface area (Å²) < 4.78 is 19.2. The van der Waals surface area contributed by atoms with Crippen molar-refractivity contribution in [1.82, 2.24) is 0 Å². The molecular weight excluding hydrogens is 389 g/mol. The van der Waals surface area contributed by atoms with Gasteiger partial charge in [-0.1, -0.05) is 39.7 Å². The summed E-state index contributed by atoms with van der Waals surface area (Å²) in [5.41, 5.74) is 0.700. The van der Waals surface area contributed by atoms with Crippen LogP contribution in [0.5, 0.6) is 0 Å². The molecule has 1 N–H and O–H groups in total. The summed E-state index contributed by atoms with van der Waals surface area (Å²) in [6, 6.07) is 10.9. The largest absolute Gasteiger partial charge is 0.455 e. The molecule has 0 bridgehead atoms. The van der Waals surface area contributed by atoms with Crippen molar-refractivity contribution in [2.45, 2.75) is 6.42 Å². The lowest BCUT2D eigenvalue weighted by Gasteiger charge is -2.08. The molecule has 0 aliphatic rings. The Morgan fingerprint density at radius 3 is 2.57 bits per heavy atom. The van der Waals surface area contributed by atoms with Gasteiger partial charge in [0.2, 0.25) is 0 Å². The third-order valence-corrected chi connectivity index (χ3v) is 3.59. The molecule has 1 amide bonds. The minimum Gasteiger partial charge on any atom is -0.455 e. The highest BCUT2D eigenvalue weighted by atomic mass is 79.9. The monoisotopic (exact) mass is 399 g/mol. The number of esters is 1. The molecule has 4 nitrogen and oxygen atoms in total. The summed E-state index contributed by atoms with van der Waals surface area (Å²) in [5.74, 6) is -1.81. The second-order valence-corrected chi connectivity index (χ2v) is 5.99. The number of nitrogens with one attached hydrogen (secondary N) is 1. The van der Waals surface area contributed by atoms with Crippen LogP contribution in [0, 0.1) is 5.82 Å². The molecule has 0 saturated heterocycles. The predicted molar refractivity (Wildman–Crippen MR) is 88.8 cm³/mol. The first-order valence-corrected chi connectivity index (χ1v) is 7.76. The Bertz CT molecular complexity index is 722. The van der Waals surface area contributed by atoms with Gasteiger partial charge in [-0.25, -0.2) is 4.39 Å². The van der Waals surface area contributed by atoms with Gasteiger partial charge in [0.05, 0.1) is 12.1 Å². The molecule has 23 heavy (non-hydrogen) atoms. The predicted octanol–water partition coefficient (Wildman–Crippen LogP) is 3.97. The number of amides is 1. The maximum Gasteiger partial charge on any atom is 0.310 e. The molecule has 2 aromatic rings. The average molecular weight is 401 g/mol. The van der Waals surface area contributed by atoms with Crippen LogP contribution >= 0.6 is 27.5 Å². The third-order valence-electron chi connectivity index (χ3n) is 2.83. The van der Waals surface area contributed by atoms with Crippen LogP contribution in [0.3, 0.4) is 0 Å². The van der Waals surface area contributed by atoms with Crippen LogP contribution in [-0.4, -0.2) is 18.5 Å². The first kappa shape index (κ1) is 17.4. The van der Waals surface area contributed by atoms with Gasteiger partial charge in [-0.3, -0.25) is 9.59 Å². The van der Waals surface area contributed by atoms with Gasteiger partial charge in [-0.15, -0.1) is 0 Å². The highest BCUT2D eigenvalue weighted by Crippen LogP contribution is 2.19. The van der Waals surface area contributed by atoms with Crippen molar-refractivity contribution < 1.29 is 18.7 Å². The van der Waals surface area contributed by atoms with Crippen molar-refractivity contribution in [3.8, 4) is 0 Å². The third kappa shape index (κ3) is 5.65. The Morgan fingerprint density at radius 2 is 1.87 bits per heavy atom. The van der Waals surface area contributed by atoms with Gasteiger partial charge in [0.25, 0.3) is 5.91 Å². The topological polar surface area (TPSA) is 55.4 Å². The van der Waals surface area contributed by atoms with Crippen molar-refractivity contribution in [3.63, 3.8) is 0 Å². The molecular formula is C16H12BrClFNO3. The Kier molecular flexibility index (Phi) is 6.12. The zero-order valence-electron chi connectivity index (χ0n) is 11.8. The lowest BCUT2D eigenvalue weighted by atomic mass is 10.2. The van der Waals surface area contributed by atoms with Crippen LogP contribution < -0.4 is 5.32 Å². The minimum absolute atomic E-state index is 0.0477. The average Bonchev–Trinajstić information content (AvgIpc) is 2.51. The fraction of sp³-hybridized carbons (Fsp3) is 0.125. The summed E-state index contributed by atoms with van der Waals surface area (Å²) in [6.07, 6.45) is 0.0477. The lowest BCUT2D eigenvalue weighted by Crippen LogP contribution is -2.22. The highest BCUT2D eigenvalue weighted by Gasteiger charge is 2.11. The molecule has 0 aromatic heterocycles. The standard InChI is InChI=1S/C16H12BrClFNO3/c17-11-3-1-10(2-4-11)7-16(22)23-9-15(21)20-14-8-12(18)5-6-13(14)19/h1-6,8H,7,9H2,(H,20,21). The molecule has 0 aliphatic carbocycles. The SMILES string of the molecule is O=C(COC(=O)Cc1ccc(Br)cc1)Nc1cc(Cl)ccc1F. The van der Waals surface area contributed by atoms with Gasteiger partial charge in [-0.2, -0.15) is 0 Å². The number of carbonyl (C=O) groups is 2. The van der Waals surface area contributed by atoms with Crippen molar-refractivity contribution in [3.05, 3.63) is 63.3 Å². The second kappa shape index (κ2) is 8.08. The Labute approximate surface area is 145 Å². The van der Waals surface area contributed by atoms with Crippen LogP contribution in [0.25, 0.3) is 0 Å². The Balaban J connectivity index is 1.83. The van der Waals surface area contributed by atoms with Crippen molar-refractivity contribution in [1.29, 1.82) is 0 Å².